The minimum Gasteiger partial charge on any atom is -0.508 e. The van der Waals surface area contributed by atoms with Gasteiger partial charge >= 0.3 is 0 Å². The van der Waals surface area contributed by atoms with Crippen LogP contribution in [-0.4, -0.2) is 137 Å². The normalized spacial score (nSPS) is 37.7. The molecule has 12 atom stereocenters. The minimum atomic E-state index is -1.82. The van der Waals surface area contributed by atoms with Gasteiger partial charge in [0, 0.05) is 24.1 Å². The molecule has 0 saturated carbocycles. The van der Waals surface area contributed by atoms with Gasteiger partial charge in [-0.2, -0.15) is 0 Å². The Bertz CT molecular complexity index is 1270. The van der Waals surface area contributed by atoms with E-state index in [1.165, 1.54) is 24.3 Å². The van der Waals surface area contributed by atoms with Crippen molar-refractivity contribution in [1.82, 2.24) is 0 Å². The number of aliphatic hydroxyl groups is 9. The molecule has 0 radical (unpaired) electrons. The average molecular weight is 615 g/mol. The van der Waals surface area contributed by atoms with Gasteiger partial charge in [0.05, 0.1) is 19.3 Å². The second kappa shape index (κ2) is 12.5. The molecule has 2 fully saturated rings. The summed E-state index contributed by atoms with van der Waals surface area (Å²) in [4.78, 5) is 0. The average Bonchev–Trinajstić information content (AvgIpc) is 2.98. The SMILES string of the molecule is OC[C@H]1O[C@@H](Oc2cc([C@H]3Oc4cc(O)cc(O)c4C[C@@H]3O)ccc2O[C@@H]2O[C@H](CO)[C@@H](O)[C@@H](O)[C@H]2O)[C@@H](O)[C@@H](O)[C@@H]1O. The van der Waals surface area contributed by atoms with Crippen LogP contribution in [0.1, 0.15) is 17.2 Å². The van der Waals surface area contributed by atoms with Crippen molar-refractivity contribution in [2.75, 3.05) is 13.2 Å². The van der Waals surface area contributed by atoms with Crippen LogP contribution in [0.25, 0.3) is 0 Å². The molecule has 3 aliphatic rings. The van der Waals surface area contributed by atoms with E-state index in [1.54, 1.807) is 0 Å². The quantitative estimate of drug-likeness (QED) is 0.144. The van der Waals surface area contributed by atoms with E-state index in [-0.39, 0.29) is 46.3 Å². The summed E-state index contributed by atoms with van der Waals surface area (Å²) in [6.45, 7) is -1.46. The van der Waals surface area contributed by atoms with Gasteiger partial charge in [0.15, 0.2) is 11.5 Å². The molecule has 3 aliphatic heterocycles. The number of aromatic hydroxyl groups is 2. The van der Waals surface area contributed by atoms with E-state index in [1.807, 2.05) is 0 Å². The summed E-state index contributed by atoms with van der Waals surface area (Å²) in [5.74, 6) is -0.903. The van der Waals surface area contributed by atoms with Gasteiger partial charge in [-0.05, 0) is 17.7 Å². The molecule has 2 saturated heterocycles. The predicted octanol–water partition coefficient (Wildman–Crippen LogP) is -3.51. The number of benzene rings is 2. The Kier molecular flexibility index (Phi) is 9.17. The first kappa shape index (κ1) is 31.4. The van der Waals surface area contributed by atoms with Crippen molar-refractivity contribution in [2.45, 2.75) is 80.0 Å². The molecule has 16 nitrogen and oxygen atoms in total. The Morgan fingerprint density at radius 3 is 1.79 bits per heavy atom. The maximum absolute atomic E-state index is 10.9. The van der Waals surface area contributed by atoms with Gasteiger partial charge < -0.3 is 79.9 Å². The van der Waals surface area contributed by atoms with Crippen molar-refractivity contribution in [2.24, 2.45) is 0 Å². The van der Waals surface area contributed by atoms with Crippen LogP contribution < -0.4 is 14.2 Å². The number of fused-ring (bicyclic) bond motifs is 1. The summed E-state index contributed by atoms with van der Waals surface area (Å²) in [7, 11) is 0. The number of rotatable bonds is 7. The first-order chi connectivity index (χ1) is 20.4. The van der Waals surface area contributed by atoms with Crippen LogP contribution in [0.3, 0.4) is 0 Å². The second-order valence-electron chi connectivity index (χ2n) is 10.6. The monoisotopic (exact) mass is 614 g/mol. The minimum absolute atomic E-state index is 0.0574. The molecule has 0 aromatic heterocycles. The molecule has 2 aromatic carbocycles. The Labute approximate surface area is 243 Å². The van der Waals surface area contributed by atoms with Crippen LogP contribution in [0.4, 0.5) is 0 Å². The lowest BCUT2D eigenvalue weighted by molar-refractivity contribution is -0.282. The van der Waals surface area contributed by atoms with Gasteiger partial charge in [-0.3, -0.25) is 0 Å². The Morgan fingerprint density at radius 1 is 0.674 bits per heavy atom. The van der Waals surface area contributed by atoms with E-state index >= 15 is 0 Å². The standard InChI is InChI=1S/C27H34O16/c28-7-17-19(33)21(35)23(37)26(42-17)40-14-2-1-9(25-13(32)6-11-12(31)4-10(30)5-15(11)39-25)3-16(14)41-27-24(38)22(36)20(34)18(8-29)43-27/h1-5,13,17-38H,6-8H2/t13-,17+,18+,19+,20+,21+,22-,23+,24-,25+,26+,27+/m0/s1. The highest BCUT2D eigenvalue weighted by atomic mass is 16.7. The molecule has 0 bridgehead atoms. The number of ether oxygens (including phenoxy) is 5. The fourth-order valence-corrected chi connectivity index (χ4v) is 5.22. The maximum Gasteiger partial charge on any atom is 0.229 e. The molecule has 16 heteroatoms. The van der Waals surface area contributed by atoms with Crippen LogP contribution in [0.5, 0.6) is 28.7 Å². The molecule has 2 aromatic rings. The number of hydrogen-bond donors (Lipinski definition) is 11. The topological polar surface area (TPSA) is 269 Å². The molecule has 43 heavy (non-hydrogen) atoms. The Balaban J connectivity index is 1.49. The smallest absolute Gasteiger partial charge is 0.229 e. The highest BCUT2D eigenvalue weighted by Crippen LogP contribution is 2.44. The molecule has 5 rings (SSSR count). The van der Waals surface area contributed by atoms with Gasteiger partial charge in [-0.15, -0.1) is 0 Å². The lowest BCUT2D eigenvalue weighted by Gasteiger charge is -2.41. The van der Waals surface area contributed by atoms with Gasteiger partial charge in [-0.25, -0.2) is 0 Å². The first-order valence-electron chi connectivity index (χ1n) is 13.4. The van der Waals surface area contributed by atoms with E-state index < -0.39 is 86.8 Å². The number of hydrogen-bond acceptors (Lipinski definition) is 16. The molecular weight excluding hydrogens is 580 g/mol. The number of phenols is 2. The van der Waals surface area contributed by atoms with Crippen LogP contribution in [0, 0.1) is 0 Å². The van der Waals surface area contributed by atoms with Crippen LogP contribution in [-0.2, 0) is 15.9 Å². The van der Waals surface area contributed by atoms with Crippen molar-refractivity contribution < 1.29 is 79.9 Å². The Morgan fingerprint density at radius 2 is 1.23 bits per heavy atom. The van der Waals surface area contributed by atoms with Crippen LogP contribution in [0.2, 0.25) is 0 Å². The van der Waals surface area contributed by atoms with Gasteiger partial charge in [0.25, 0.3) is 0 Å². The molecule has 238 valence electrons. The fraction of sp³-hybridized carbons (Fsp3) is 0.556. The molecule has 0 amide bonds. The number of phenolic OH excluding ortho intramolecular Hbond substituents is 2. The van der Waals surface area contributed by atoms with Gasteiger partial charge in [0.1, 0.15) is 72.2 Å². The third-order valence-corrected chi connectivity index (χ3v) is 7.67. The largest absolute Gasteiger partial charge is 0.508 e. The van der Waals surface area contributed by atoms with E-state index in [9.17, 15) is 56.2 Å². The zero-order chi connectivity index (χ0) is 31.2. The van der Waals surface area contributed by atoms with Crippen molar-refractivity contribution >= 4 is 0 Å². The summed E-state index contributed by atoms with van der Waals surface area (Å²) in [5.41, 5.74) is 0.517. The van der Waals surface area contributed by atoms with Crippen LogP contribution >= 0.6 is 0 Å². The summed E-state index contributed by atoms with van der Waals surface area (Å²) in [6.07, 6.45) is -18.8. The molecule has 3 heterocycles. The van der Waals surface area contributed by atoms with Crippen molar-refractivity contribution in [3.05, 3.63) is 41.5 Å². The molecule has 0 aliphatic carbocycles. The third-order valence-electron chi connectivity index (χ3n) is 7.67. The Hall–Kier alpha value is -3.00. The third kappa shape index (κ3) is 6.04. The zero-order valence-corrected chi connectivity index (χ0v) is 22.4. The van der Waals surface area contributed by atoms with Crippen molar-refractivity contribution in [3.8, 4) is 28.7 Å². The molecule has 0 unspecified atom stereocenters. The highest BCUT2D eigenvalue weighted by molar-refractivity contribution is 5.52. The summed E-state index contributed by atoms with van der Waals surface area (Å²) < 4.78 is 28.3. The van der Waals surface area contributed by atoms with Gasteiger partial charge in [0.2, 0.25) is 12.6 Å². The van der Waals surface area contributed by atoms with E-state index in [2.05, 4.69) is 0 Å². The van der Waals surface area contributed by atoms with E-state index in [0.29, 0.717) is 0 Å². The summed E-state index contributed by atoms with van der Waals surface area (Å²) in [5, 5.41) is 112. The number of aliphatic hydroxyl groups excluding tert-OH is 9. The lowest BCUT2D eigenvalue weighted by atomic mass is 9.94. The maximum atomic E-state index is 10.9. The molecule has 0 spiro atoms. The highest BCUT2D eigenvalue weighted by Gasteiger charge is 2.47. The van der Waals surface area contributed by atoms with E-state index in [0.717, 1.165) is 6.07 Å². The van der Waals surface area contributed by atoms with Crippen LogP contribution in [0.15, 0.2) is 30.3 Å². The summed E-state index contributed by atoms with van der Waals surface area (Å²) >= 11 is 0. The summed E-state index contributed by atoms with van der Waals surface area (Å²) in [6, 6.07) is 6.38. The van der Waals surface area contributed by atoms with Crippen molar-refractivity contribution in [3.63, 3.8) is 0 Å². The predicted molar refractivity (Wildman–Crippen MR) is 138 cm³/mol. The molecular formula is C27H34O16. The first-order valence-corrected chi connectivity index (χ1v) is 13.4. The fourth-order valence-electron chi connectivity index (χ4n) is 5.22. The van der Waals surface area contributed by atoms with Gasteiger partial charge in [-0.1, -0.05) is 6.07 Å². The zero-order valence-electron chi connectivity index (χ0n) is 22.4. The lowest BCUT2D eigenvalue weighted by Crippen LogP contribution is -2.60. The van der Waals surface area contributed by atoms with E-state index in [4.69, 9.17) is 23.7 Å². The molecule has 11 N–H and O–H groups in total. The second-order valence-corrected chi connectivity index (χ2v) is 10.6. The van der Waals surface area contributed by atoms with Crippen molar-refractivity contribution in [1.29, 1.82) is 0 Å².